The van der Waals surface area contributed by atoms with E-state index in [9.17, 15) is 4.79 Å². The first-order chi connectivity index (χ1) is 12.1. The summed E-state index contributed by atoms with van der Waals surface area (Å²) >= 11 is 0. The zero-order chi connectivity index (χ0) is 17.8. The van der Waals surface area contributed by atoms with Crippen molar-refractivity contribution in [2.75, 3.05) is 0 Å². The Hall–Kier alpha value is -3.14. The maximum absolute atomic E-state index is 11.1. The van der Waals surface area contributed by atoms with E-state index in [4.69, 9.17) is 9.63 Å². The van der Waals surface area contributed by atoms with E-state index in [1.165, 1.54) is 5.56 Å². The number of nitrogens with zero attached hydrogens (tertiary/aromatic N) is 1. The molecule has 0 amide bonds. The highest BCUT2D eigenvalue weighted by Gasteiger charge is 2.14. The molecule has 0 spiro atoms. The highest BCUT2D eigenvalue weighted by Crippen LogP contribution is 2.31. The van der Waals surface area contributed by atoms with E-state index < -0.39 is 5.97 Å². The lowest BCUT2D eigenvalue weighted by Crippen LogP contribution is -1.95. The van der Waals surface area contributed by atoms with Gasteiger partial charge in [0.2, 0.25) is 0 Å². The van der Waals surface area contributed by atoms with Crippen LogP contribution in [0.1, 0.15) is 35.3 Å². The zero-order valence-corrected chi connectivity index (χ0v) is 14.2. The molecule has 3 aromatic rings. The van der Waals surface area contributed by atoms with Crippen molar-refractivity contribution in [1.82, 2.24) is 5.16 Å². The molecule has 0 aliphatic carbocycles. The summed E-state index contributed by atoms with van der Waals surface area (Å²) in [5, 5.41) is 13.3. The number of carboxylic acid groups (broad SMARTS) is 1. The Morgan fingerprint density at radius 2 is 2.00 bits per heavy atom. The van der Waals surface area contributed by atoms with Crippen LogP contribution in [0.2, 0.25) is 0 Å². The molecule has 1 aromatic heterocycles. The molecule has 0 saturated heterocycles. The van der Waals surface area contributed by atoms with Crippen molar-refractivity contribution in [1.29, 1.82) is 0 Å². The number of hydrogen-bond donors (Lipinski definition) is 1. The number of hydrogen-bond acceptors (Lipinski definition) is 3. The van der Waals surface area contributed by atoms with Gasteiger partial charge in [-0.2, -0.15) is 0 Å². The molecule has 4 heteroatoms. The number of aromatic nitrogens is 1. The molecule has 0 fully saturated rings. The van der Waals surface area contributed by atoms with Gasteiger partial charge in [-0.15, -0.1) is 0 Å². The second-order valence-electron chi connectivity index (χ2n) is 5.69. The Morgan fingerprint density at radius 1 is 1.20 bits per heavy atom. The minimum absolute atomic E-state index is 0.228. The summed E-state index contributed by atoms with van der Waals surface area (Å²) in [6, 6.07) is 14.6. The average molecular weight is 333 g/mol. The number of allylic oxidation sites excluding steroid dienone is 1. The van der Waals surface area contributed by atoms with E-state index in [1.54, 1.807) is 18.2 Å². The summed E-state index contributed by atoms with van der Waals surface area (Å²) in [5.74, 6) is -0.281. The van der Waals surface area contributed by atoms with Gasteiger partial charge in [0.25, 0.3) is 0 Å². The summed E-state index contributed by atoms with van der Waals surface area (Å²) in [4.78, 5) is 11.1. The van der Waals surface area contributed by atoms with Gasteiger partial charge in [0.05, 0.1) is 5.56 Å². The van der Waals surface area contributed by atoms with Gasteiger partial charge < -0.3 is 9.63 Å². The molecular weight excluding hydrogens is 314 g/mol. The number of aromatic carboxylic acids is 1. The smallest absolute Gasteiger partial charge is 0.335 e. The third-order valence-electron chi connectivity index (χ3n) is 4.09. The van der Waals surface area contributed by atoms with Crippen LogP contribution in [0.5, 0.6) is 0 Å². The van der Waals surface area contributed by atoms with Gasteiger partial charge in [-0.3, -0.25) is 0 Å². The third-order valence-corrected chi connectivity index (χ3v) is 4.09. The number of rotatable bonds is 5. The maximum Gasteiger partial charge on any atom is 0.335 e. The van der Waals surface area contributed by atoms with Crippen molar-refractivity contribution in [3.05, 3.63) is 71.3 Å². The highest BCUT2D eigenvalue weighted by molar-refractivity contribution is 5.89. The first kappa shape index (κ1) is 16.7. The molecule has 0 aliphatic heterocycles. The summed E-state index contributed by atoms with van der Waals surface area (Å²) < 4.78 is 5.56. The quantitative estimate of drug-likeness (QED) is 0.688. The molecule has 0 saturated carbocycles. The van der Waals surface area contributed by atoms with Gasteiger partial charge in [0.1, 0.15) is 5.69 Å². The zero-order valence-electron chi connectivity index (χ0n) is 14.2. The van der Waals surface area contributed by atoms with E-state index in [-0.39, 0.29) is 5.56 Å². The SMILES string of the molecule is C/C=C\c1cccc(-c2cc(-c3cccc(C(=O)O)c3)no2)c1CC. The predicted molar refractivity (Wildman–Crippen MR) is 98.4 cm³/mol. The first-order valence-corrected chi connectivity index (χ1v) is 8.19. The molecule has 0 unspecified atom stereocenters. The van der Waals surface area contributed by atoms with Crippen molar-refractivity contribution < 1.29 is 14.4 Å². The van der Waals surface area contributed by atoms with Gasteiger partial charge in [-0.1, -0.05) is 54.6 Å². The maximum atomic E-state index is 11.1. The molecule has 0 radical (unpaired) electrons. The van der Waals surface area contributed by atoms with Crippen molar-refractivity contribution in [3.63, 3.8) is 0 Å². The van der Waals surface area contributed by atoms with Crippen LogP contribution >= 0.6 is 0 Å². The van der Waals surface area contributed by atoms with Crippen molar-refractivity contribution in [3.8, 4) is 22.6 Å². The van der Waals surface area contributed by atoms with Crippen LogP contribution in [0, 0.1) is 0 Å². The average Bonchev–Trinajstić information content (AvgIpc) is 3.12. The van der Waals surface area contributed by atoms with Crippen LogP contribution in [0.15, 0.2) is 59.1 Å². The van der Waals surface area contributed by atoms with Gasteiger partial charge >= 0.3 is 5.97 Å². The van der Waals surface area contributed by atoms with Crippen LogP contribution in [0.3, 0.4) is 0 Å². The second-order valence-corrected chi connectivity index (χ2v) is 5.69. The molecule has 126 valence electrons. The molecule has 1 heterocycles. The fraction of sp³-hybridized carbons (Fsp3) is 0.143. The standard InChI is InChI=1S/C21H19NO3/c1-3-7-14-8-6-11-18(17(14)4-2)20-13-19(22-25-20)15-9-5-10-16(12-15)21(23)24/h3,5-13H,4H2,1-2H3,(H,23,24)/b7-3-. The minimum atomic E-state index is -0.960. The van der Waals surface area contributed by atoms with Crippen LogP contribution in [-0.2, 0) is 6.42 Å². The molecule has 2 aromatic carbocycles. The largest absolute Gasteiger partial charge is 0.478 e. The van der Waals surface area contributed by atoms with E-state index in [0.29, 0.717) is 11.5 Å². The molecule has 0 atom stereocenters. The molecule has 0 aliphatic rings. The Kier molecular flexibility index (Phi) is 4.80. The van der Waals surface area contributed by atoms with Gasteiger partial charge in [-0.25, -0.2) is 4.79 Å². The lowest BCUT2D eigenvalue weighted by Gasteiger charge is -2.08. The van der Waals surface area contributed by atoms with Crippen LogP contribution in [0.4, 0.5) is 0 Å². The summed E-state index contributed by atoms with van der Waals surface area (Å²) in [6.07, 6.45) is 4.97. The number of benzene rings is 2. The van der Waals surface area contributed by atoms with Crippen LogP contribution in [-0.4, -0.2) is 16.2 Å². The second kappa shape index (κ2) is 7.18. The fourth-order valence-electron chi connectivity index (χ4n) is 2.92. The van der Waals surface area contributed by atoms with Gasteiger partial charge in [-0.05, 0) is 36.6 Å². The van der Waals surface area contributed by atoms with Crippen LogP contribution < -0.4 is 0 Å². The van der Waals surface area contributed by atoms with Crippen molar-refractivity contribution >= 4 is 12.0 Å². The monoisotopic (exact) mass is 333 g/mol. The minimum Gasteiger partial charge on any atom is -0.478 e. The van der Waals surface area contributed by atoms with Gasteiger partial charge in [0, 0.05) is 17.2 Å². The Morgan fingerprint density at radius 3 is 2.72 bits per heavy atom. The van der Waals surface area contributed by atoms with E-state index in [0.717, 1.165) is 23.1 Å². The van der Waals surface area contributed by atoms with Crippen molar-refractivity contribution in [2.24, 2.45) is 0 Å². The summed E-state index contributed by atoms with van der Waals surface area (Å²) in [6.45, 7) is 4.10. The van der Waals surface area contributed by atoms with E-state index in [2.05, 4.69) is 24.2 Å². The molecule has 4 nitrogen and oxygen atoms in total. The first-order valence-electron chi connectivity index (χ1n) is 8.19. The Bertz CT molecular complexity index is 938. The summed E-state index contributed by atoms with van der Waals surface area (Å²) in [7, 11) is 0. The predicted octanol–water partition coefficient (Wildman–Crippen LogP) is 5.30. The highest BCUT2D eigenvalue weighted by atomic mass is 16.5. The fourth-order valence-corrected chi connectivity index (χ4v) is 2.92. The number of carboxylic acids is 1. The lowest BCUT2D eigenvalue weighted by atomic mass is 9.96. The van der Waals surface area contributed by atoms with E-state index >= 15 is 0 Å². The molecule has 1 N–H and O–H groups in total. The summed E-state index contributed by atoms with van der Waals surface area (Å²) in [5.41, 5.74) is 4.93. The Labute approximate surface area is 146 Å². The van der Waals surface area contributed by atoms with Crippen molar-refractivity contribution in [2.45, 2.75) is 20.3 Å². The van der Waals surface area contributed by atoms with Crippen LogP contribution in [0.25, 0.3) is 28.7 Å². The third kappa shape index (κ3) is 3.38. The molecule has 0 bridgehead atoms. The molecular formula is C21H19NO3. The molecule has 3 rings (SSSR count). The normalized spacial score (nSPS) is 11.1. The molecule has 25 heavy (non-hydrogen) atoms. The number of carbonyl (C=O) groups is 1. The van der Waals surface area contributed by atoms with Gasteiger partial charge in [0.15, 0.2) is 5.76 Å². The Balaban J connectivity index is 2.04. The topological polar surface area (TPSA) is 63.3 Å². The lowest BCUT2D eigenvalue weighted by molar-refractivity contribution is 0.0697. The van der Waals surface area contributed by atoms with E-state index in [1.807, 2.05) is 37.3 Å².